The average molecular weight is 474 g/mol. The summed E-state index contributed by atoms with van der Waals surface area (Å²) in [6, 6.07) is 8.52. The third-order valence-electron chi connectivity index (χ3n) is 4.66. The largest absolute Gasteiger partial charge is 0.378 e. The van der Waals surface area contributed by atoms with E-state index in [1.165, 1.54) is 49.8 Å². The maximum atomic E-state index is 6.01. The molecule has 0 aromatic heterocycles. The Bertz CT molecular complexity index is 528. The molecule has 2 rings (SSSR count). The number of hydrogen-bond donors (Lipinski definition) is 2. The minimum atomic E-state index is 0. The zero-order valence-corrected chi connectivity index (χ0v) is 18.8. The van der Waals surface area contributed by atoms with Gasteiger partial charge in [-0.25, -0.2) is 0 Å². The maximum Gasteiger partial charge on any atom is 0.191 e. The van der Waals surface area contributed by atoms with Crippen LogP contribution in [-0.2, 0) is 11.3 Å². The van der Waals surface area contributed by atoms with Crippen molar-refractivity contribution in [2.24, 2.45) is 4.99 Å². The van der Waals surface area contributed by atoms with Crippen molar-refractivity contribution in [3.05, 3.63) is 29.8 Å². The van der Waals surface area contributed by atoms with E-state index >= 15 is 0 Å². The van der Waals surface area contributed by atoms with Gasteiger partial charge in [0.25, 0.3) is 0 Å². The van der Waals surface area contributed by atoms with E-state index in [-0.39, 0.29) is 24.0 Å². The highest BCUT2D eigenvalue weighted by Gasteiger charge is 2.12. The lowest BCUT2D eigenvalue weighted by atomic mass is 10.1. The molecule has 26 heavy (non-hydrogen) atoms. The summed E-state index contributed by atoms with van der Waals surface area (Å²) in [5, 5.41) is 6.70. The van der Waals surface area contributed by atoms with Crippen LogP contribution in [0.2, 0.25) is 0 Å². The van der Waals surface area contributed by atoms with Crippen LogP contribution < -0.4 is 15.5 Å². The van der Waals surface area contributed by atoms with Crippen molar-refractivity contribution >= 4 is 35.6 Å². The van der Waals surface area contributed by atoms with Gasteiger partial charge in [0.2, 0.25) is 0 Å². The van der Waals surface area contributed by atoms with Crippen molar-refractivity contribution < 1.29 is 4.74 Å². The second-order valence-corrected chi connectivity index (χ2v) is 6.90. The predicted octanol–water partition coefficient (Wildman–Crippen LogP) is 3.78. The molecule has 0 aliphatic heterocycles. The lowest BCUT2D eigenvalue weighted by molar-refractivity contribution is 0.0468. The highest BCUT2D eigenvalue weighted by Crippen LogP contribution is 2.19. The van der Waals surface area contributed by atoms with Crippen LogP contribution >= 0.6 is 24.0 Å². The number of nitrogens with one attached hydrogen (secondary N) is 2. The summed E-state index contributed by atoms with van der Waals surface area (Å²) in [6.07, 6.45) is 8.24. The number of rotatable bonds is 7. The zero-order chi connectivity index (χ0) is 17.9. The van der Waals surface area contributed by atoms with Crippen LogP contribution in [0.3, 0.4) is 0 Å². The molecule has 2 N–H and O–H groups in total. The maximum absolute atomic E-state index is 6.01. The Hall–Kier alpha value is -1.02. The molecule has 0 amide bonds. The molecule has 148 valence electrons. The minimum absolute atomic E-state index is 0. The number of hydrogen-bond acceptors (Lipinski definition) is 3. The molecule has 0 bridgehead atoms. The summed E-state index contributed by atoms with van der Waals surface area (Å²) in [5.41, 5.74) is 2.45. The second kappa shape index (κ2) is 13.2. The molecule has 1 aliphatic carbocycles. The Morgan fingerprint density at radius 3 is 2.54 bits per heavy atom. The van der Waals surface area contributed by atoms with Gasteiger partial charge >= 0.3 is 0 Å². The van der Waals surface area contributed by atoms with Crippen molar-refractivity contribution in [1.29, 1.82) is 0 Å². The van der Waals surface area contributed by atoms with E-state index in [1.807, 2.05) is 0 Å². The molecule has 0 radical (unpaired) electrons. The quantitative estimate of drug-likeness (QED) is 0.208. The first-order chi connectivity index (χ1) is 12.2. The number of aliphatic imine (C=N–C) groups is 1. The predicted molar refractivity (Wildman–Crippen MR) is 122 cm³/mol. The van der Waals surface area contributed by atoms with Gasteiger partial charge in [-0.2, -0.15) is 0 Å². The SMILES string of the molecule is CN=C(NCCOC1CCCCCC1)NCc1cccc(N(C)C)c1.I. The molecule has 1 aromatic rings. The Morgan fingerprint density at radius 2 is 1.88 bits per heavy atom. The number of halogens is 1. The number of anilines is 1. The van der Waals surface area contributed by atoms with E-state index in [0.717, 1.165) is 25.7 Å². The standard InChI is InChI=1S/C20H34N4O.HI/c1-21-20(22-13-14-25-19-11-6-4-5-7-12-19)23-16-17-9-8-10-18(15-17)24(2)3;/h8-10,15,19H,4-7,11-14,16H2,1-3H3,(H2,21,22,23);1H. The molecule has 0 heterocycles. The van der Waals surface area contributed by atoms with Gasteiger partial charge in [0.05, 0.1) is 12.7 Å². The highest BCUT2D eigenvalue weighted by molar-refractivity contribution is 14.0. The molecule has 1 aliphatic rings. The van der Waals surface area contributed by atoms with Crippen molar-refractivity contribution in [3.8, 4) is 0 Å². The van der Waals surface area contributed by atoms with Gasteiger partial charge in [0.15, 0.2) is 5.96 Å². The molecule has 0 saturated heterocycles. The van der Waals surface area contributed by atoms with Gasteiger partial charge in [-0.3, -0.25) is 4.99 Å². The van der Waals surface area contributed by atoms with Crippen molar-refractivity contribution in [1.82, 2.24) is 10.6 Å². The monoisotopic (exact) mass is 474 g/mol. The van der Waals surface area contributed by atoms with E-state index in [0.29, 0.717) is 6.10 Å². The van der Waals surface area contributed by atoms with E-state index < -0.39 is 0 Å². The highest BCUT2D eigenvalue weighted by atomic mass is 127. The Kier molecular flexibility index (Phi) is 11.7. The summed E-state index contributed by atoms with van der Waals surface area (Å²) in [7, 11) is 5.92. The zero-order valence-electron chi connectivity index (χ0n) is 16.5. The fourth-order valence-electron chi connectivity index (χ4n) is 3.15. The van der Waals surface area contributed by atoms with E-state index in [9.17, 15) is 0 Å². The third kappa shape index (κ3) is 8.58. The van der Waals surface area contributed by atoms with Crippen LogP contribution in [0.5, 0.6) is 0 Å². The minimum Gasteiger partial charge on any atom is -0.378 e. The normalized spacial score (nSPS) is 15.7. The Labute approximate surface area is 176 Å². The molecular formula is C20H35IN4O. The summed E-state index contributed by atoms with van der Waals surface area (Å²) < 4.78 is 6.01. The van der Waals surface area contributed by atoms with Gasteiger partial charge in [-0.1, -0.05) is 37.8 Å². The summed E-state index contributed by atoms with van der Waals surface area (Å²) in [4.78, 5) is 6.40. The van der Waals surface area contributed by atoms with Crippen molar-refractivity contribution in [2.45, 2.75) is 51.2 Å². The van der Waals surface area contributed by atoms with Gasteiger partial charge in [0, 0.05) is 39.9 Å². The van der Waals surface area contributed by atoms with Crippen LogP contribution in [0.15, 0.2) is 29.3 Å². The smallest absolute Gasteiger partial charge is 0.191 e. The molecule has 0 unspecified atom stereocenters. The van der Waals surface area contributed by atoms with Crippen molar-refractivity contribution in [3.63, 3.8) is 0 Å². The number of nitrogens with zero attached hydrogens (tertiary/aromatic N) is 2. The Morgan fingerprint density at radius 1 is 1.15 bits per heavy atom. The first kappa shape index (κ1) is 23.0. The molecule has 1 aromatic carbocycles. The topological polar surface area (TPSA) is 48.9 Å². The van der Waals surface area contributed by atoms with Crippen LogP contribution in [-0.4, -0.2) is 46.4 Å². The average Bonchev–Trinajstić information content (AvgIpc) is 2.90. The summed E-state index contributed by atoms with van der Waals surface area (Å²) >= 11 is 0. The molecule has 0 spiro atoms. The van der Waals surface area contributed by atoms with E-state index in [1.54, 1.807) is 7.05 Å². The van der Waals surface area contributed by atoms with E-state index in [4.69, 9.17) is 4.74 Å². The third-order valence-corrected chi connectivity index (χ3v) is 4.66. The molecule has 0 atom stereocenters. The first-order valence-corrected chi connectivity index (χ1v) is 9.51. The molecular weight excluding hydrogens is 439 g/mol. The van der Waals surface area contributed by atoms with Crippen LogP contribution in [0.1, 0.15) is 44.1 Å². The van der Waals surface area contributed by atoms with Crippen LogP contribution in [0.25, 0.3) is 0 Å². The number of benzene rings is 1. The van der Waals surface area contributed by atoms with E-state index in [2.05, 4.69) is 58.9 Å². The lowest BCUT2D eigenvalue weighted by Crippen LogP contribution is -2.39. The number of guanidine groups is 1. The lowest BCUT2D eigenvalue weighted by Gasteiger charge is -2.17. The van der Waals surface area contributed by atoms with Crippen LogP contribution in [0, 0.1) is 0 Å². The molecule has 1 fully saturated rings. The number of ether oxygens (including phenoxy) is 1. The summed E-state index contributed by atoms with van der Waals surface area (Å²) in [6.45, 7) is 2.28. The van der Waals surface area contributed by atoms with Gasteiger partial charge in [-0.05, 0) is 30.5 Å². The summed E-state index contributed by atoms with van der Waals surface area (Å²) in [5.74, 6) is 0.819. The molecule has 6 heteroatoms. The fraction of sp³-hybridized carbons (Fsp3) is 0.650. The molecule has 5 nitrogen and oxygen atoms in total. The van der Waals surface area contributed by atoms with Crippen molar-refractivity contribution in [2.75, 3.05) is 39.2 Å². The molecule has 1 saturated carbocycles. The fourth-order valence-corrected chi connectivity index (χ4v) is 3.15. The van der Waals surface area contributed by atoms with Gasteiger partial charge in [0.1, 0.15) is 0 Å². The van der Waals surface area contributed by atoms with Gasteiger partial charge < -0.3 is 20.3 Å². The second-order valence-electron chi connectivity index (χ2n) is 6.90. The van der Waals surface area contributed by atoms with Crippen LogP contribution in [0.4, 0.5) is 5.69 Å². The van der Waals surface area contributed by atoms with Gasteiger partial charge in [-0.15, -0.1) is 24.0 Å². The first-order valence-electron chi connectivity index (χ1n) is 9.51. The Balaban J connectivity index is 0.00000338.